The van der Waals surface area contributed by atoms with Crippen LogP contribution in [0.3, 0.4) is 0 Å². The number of alkyl carbamates (subject to hydrolysis) is 1. The number of cyclic esters (lactones) is 1. The Labute approximate surface area is 130 Å². The molecule has 2 aromatic rings. The van der Waals surface area contributed by atoms with Crippen LogP contribution in [-0.4, -0.2) is 12.7 Å². The lowest BCUT2D eigenvalue weighted by Gasteiger charge is -2.16. The summed E-state index contributed by atoms with van der Waals surface area (Å²) in [5, 5.41) is 2.80. The minimum atomic E-state index is -0.357. The van der Waals surface area contributed by atoms with Gasteiger partial charge in [0.15, 0.2) is 0 Å². The van der Waals surface area contributed by atoms with Gasteiger partial charge in [0, 0.05) is 0 Å². The molecule has 0 radical (unpaired) electrons. The topological polar surface area (TPSA) is 47.6 Å². The van der Waals surface area contributed by atoms with E-state index < -0.39 is 0 Å². The third kappa shape index (κ3) is 3.06. The van der Waals surface area contributed by atoms with Crippen molar-refractivity contribution in [3.8, 4) is 5.75 Å². The molecule has 0 aromatic heterocycles. The van der Waals surface area contributed by atoms with Crippen LogP contribution in [0.5, 0.6) is 5.75 Å². The van der Waals surface area contributed by atoms with Gasteiger partial charge in [0.05, 0.1) is 6.04 Å². The van der Waals surface area contributed by atoms with E-state index in [2.05, 4.69) is 5.32 Å². The monoisotopic (exact) mass is 297 g/mol. The number of nitrogens with one attached hydrogen (secondary N) is 1. The first-order valence-corrected chi connectivity index (χ1v) is 7.34. The van der Waals surface area contributed by atoms with Gasteiger partial charge in [-0.1, -0.05) is 42.5 Å². The highest BCUT2D eigenvalue weighted by Crippen LogP contribution is 2.29. The van der Waals surface area contributed by atoms with Crippen LogP contribution in [0.2, 0.25) is 0 Å². The Hall–Kier alpha value is -2.49. The summed E-state index contributed by atoms with van der Waals surface area (Å²) in [6.45, 7) is 4.97. The van der Waals surface area contributed by atoms with E-state index in [1.807, 2.05) is 56.3 Å². The zero-order chi connectivity index (χ0) is 15.5. The number of aryl methyl sites for hydroxylation is 2. The Balaban J connectivity index is 1.76. The Bertz CT molecular complexity index is 659. The molecule has 1 atom stereocenters. The lowest BCUT2D eigenvalue weighted by atomic mass is 10.0. The second-order valence-corrected chi connectivity index (χ2v) is 5.55. The third-order valence-corrected chi connectivity index (χ3v) is 3.78. The predicted octanol–water partition coefficient (Wildman–Crippen LogP) is 3.66. The van der Waals surface area contributed by atoms with Gasteiger partial charge in [-0.25, -0.2) is 4.79 Å². The Kier molecular flexibility index (Phi) is 4.00. The van der Waals surface area contributed by atoms with Crippen LogP contribution in [0.4, 0.5) is 4.79 Å². The summed E-state index contributed by atoms with van der Waals surface area (Å²) in [7, 11) is 0. The average Bonchev–Trinajstić information content (AvgIpc) is 2.94. The summed E-state index contributed by atoms with van der Waals surface area (Å²) in [5.41, 5.74) is 4.31. The number of carbonyl (C=O) groups excluding carboxylic acids is 1. The lowest BCUT2D eigenvalue weighted by Crippen LogP contribution is -2.18. The average molecular weight is 297 g/mol. The molecule has 0 aliphatic carbocycles. The molecular weight excluding hydrogens is 278 g/mol. The van der Waals surface area contributed by atoms with Crippen molar-refractivity contribution < 1.29 is 14.3 Å². The summed E-state index contributed by atoms with van der Waals surface area (Å²) in [5.74, 6) is 0.901. The molecule has 2 aromatic carbocycles. The molecule has 1 amide bonds. The van der Waals surface area contributed by atoms with Gasteiger partial charge in [0.25, 0.3) is 0 Å². The molecule has 4 heteroatoms. The smallest absolute Gasteiger partial charge is 0.407 e. The minimum absolute atomic E-state index is 0.0759. The molecule has 1 aliphatic heterocycles. The molecule has 1 heterocycles. The van der Waals surface area contributed by atoms with Crippen LogP contribution in [0, 0.1) is 13.8 Å². The van der Waals surface area contributed by atoms with Crippen molar-refractivity contribution in [3.05, 3.63) is 64.7 Å². The molecule has 114 valence electrons. The predicted molar refractivity (Wildman–Crippen MR) is 83.9 cm³/mol. The van der Waals surface area contributed by atoms with Gasteiger partial charge >= 0.3 is 6.09 Å². The summed E-state index contributed by atoms with van der Waals surface area (Å²) < 4.78 is 10.9. The van der Waals surface area contributed by atoms with Gasteiger partial charge in [0.2, 0.25) is 0 Å². The Morgan fingerprint density at radius 3 is 2.45 bits per heavy atom. The van der Waals surface area contributed by atoms with Crippen LogP contribution in [0.15, 0.2) is 42.5 Å². The molecule has 1 saturated heterocycles. The van der Waals surface area contributed by atoms with E-state index >= 15 is 0 Å². The minimum Gasteiger partial charge on any atom is -0.488 e. The first-order chi connectivity index (χ1) is 10.6. The van der Waals surface area contributed by atoms with Crippen LogP contribution < -0.4 is 10.1 Å². The van der Waals surface area contributed by atoms with Crippen LogP contribution >= 0.6 is 0 Å². The lowest BCUT2D eigenvalue weighted by molar-refractivity contribution is 0.177. The van der Waals surface area contributed by atoms with E-state index in [-0.39, 0.29) is 12.1 Å². The molecule has 22 heavy (non-hydrogen) atoms. The Morgan fingerprint density at radius 2 is 1.86 bits per heavy atom. The molecule has 0 saturated carbocycles. The molecule has 0 bridgehead atoms. The normalized spacial score (nSPS) is 17.0. The number of amides is 1. The highest BCUT2D eigenvalue weighted by atomic mass is 16.6. The molecule has 1 aliphatic rings. The van der Waals surface area contributed by atoms with Crippen molar-refractivity contribution in [2.24, 2.45) is 0 Å². The van der Waals surface area contributed by atoms with Crippen molar-refractivity contribution >= 4 is 6.09 Å². The first kappa shape index (κ1) is 14.4. The maximum absolute atomic E-state index is 11.2. The fraction of sp³-hybridized carbons (Fsp3) is 0.278. The highest BCUT2D eigenvalue weighted by molar-refractivity contribution is 5.70. The van der Waals surface area contributed by atoms with Crippen LogP contribution in [0.1, 0.15) is 28.3 Å². The fourth-order valence-electron chi connectivity index (χ4n) is 2.71. The number of rotatable bonds is 4. The summed E-state index contributed by atoms with van der Waals surface area (Å²) in [6.07, 6.45) is -0.357. The number of carbonyl (C=O) groups is 1. The third-order valence-electron chi connectivity index (χ3n) is 3.78. The maximum Gasteiger partial charge on any atom is 0.407 e. The molecule has 0 spiro atoms. The van der Waals surface area contributed by atoms with Crippen molar-refractivity contribution in [2.75, 3.05) is 6.61 Å². The highest BCUT2D eigenvalue weighted by Gasteiger charge is 2.24. The van der Waals surface area contributed by atoms with Gasteiger partial charge < -0.3 is 14.8 Å². The molecule has 1 N–H and O–H groups in total. The van der Waals surface area contributed by atoms with E-state index in [0.29, 0.717) is 13.2 Å². The van der Waals surface area contributed by atoms with E-state index in [1.54, 1.807) is 0 Å². The van der Waals surface area contributed by atoms with Crippen molar-refractivity contribution in [1.82, 2.24) is 5.32 Å². The van der Waals surface area contributed by atoms with Gasteiger partial charge in [-0.3, -0.25) is 0 Å². The molecule has 4 nitrogen and oxygen atoms in total. The van der Waals surface area contributed by atoms with Gasteiger partial charge in [-0.15, -0.1) is 0 Å². The summed E-state index contributed by atoms with van der Waals surface area (Å²) in [4.78, 5) is 11.2. The van der Waals surface area contributed by atoms with Crippen molar-refractivity contribution in [2.45, 2.75) is 26.5 Å². The summed E-state index contributed by atoms with van der Waals surface area (Å²) >= 11 is 0. The number of hydrogen-bond donors (Lipinski definition) is 1. The number of hydrogen-bond acceptors (Lipinski definition) is 3. The first-order valence-electron chi connectivity index (χ1n) is 7.34. The maximum atomic E-state index is 11.2. The van der Waals surface area contributed by atoms with Crippen molar-refractivity contribution in [3.63, 3.8) is 0 Å². The second kappa shape index (κ2) is 6.10. The van der Waals surface area contributed by atoms with Crippen LogP contribution in [0.25, 0.3) is 0 Å². The van der Waals surface area contributed by atoms with Crippen molar-refractivity contribution in [1.29, 1.82) is 0 Å². The van der Waals surface area contributed by atoms with E-state index in [4.69, 9.17) is 9.47 Å². The fourth-order valence-corrected chi connectivity index (χ4v) is 2.71. The quantitative estimate of drug-likeness (QED) is 0.936. The molecule has 1 fully saturated rings. The van der Waals surface area contributed by atoms with E-state index in [9.17, 15) is 4.79 Å². The Morgan fingerprint density at radius 1 is 1.18 bits per heavy atom. The van der Waals surface area contributed by atoms with Gasteiger partial charge in [-0.2, -0.15) is 0 Å². The van der Waals surface area contributed by atoms with Gasteiger partial charge in [0.1, 0.15) is 19.0 Å². The SMILES string of the molecule is Cc1cc([C@@H]2COC(=O)N2)cc(C)c1OCc1ccccc1. The molecule has 3 rings (SSSR count). The van der Waals surface area contributed by atoms with Crippen LogP contribution in [-0.2, 0) is 11.3 Å². The summed E-state index contributed by atoms with van der Waals surface area (Å²) in [6, 6.07) is 14.1. The second-order valence-electron chi connectivity index (χ2n) is 5.55. The largest absolute Gasteiger partial charge is 0.488 e. The zero-order valence-corrected chi connectivity index (χ0v) is 12.8. The van der Waals surface area contributed by atoms with Gasteiger partial charge in [-0.05, 0) is 36.1 Å². The standard InChI is InChI=1S/C18H19NO3/c1-12-8-15(16-11-22-18(20)19-16)9-13(2)17(12)21-10-14-6-4-3-5-7-14/h3-9,16H,10-11H2,1-2H3,(H,19,20)/t16-/m0/s1. The van der Waals surface area contributed by atoms with E-state index in [0.717, 1.165) is 28.0 Å². The number of ether oxygens (including phenoxy) is 2. The molecule has 0 unspecified atom stereocenters. The van der Waals surface area contributed by atoms with E-state index in [1.165, 1.54) is 0 Å². The zero-order valence-electron chi connectivity index (χ0n) is 12.8. The number of benzene rings is 2. The molecular formula is C18H19NO3.